The predicted octanol–water partition coefficient (Wildman–Crippen LogP) is 5.21. The molecular formula is C21H20BrFN2OS. The number of hydrogen-bond donors (Lipinski definition) is 2. The van der Waals surface area contributed by atoms with Gasteiger partial charge in [-0.15, -0.1) is 11.3 Å². The van der Waals surface area contributed by atoms with E-state index in [4.69, 9.17) is 0 Å². The van der Waals surface area contributed by atoms with Gasteiger partial charge in [-0.05, 0) is 53.8 Å². The molecule has 0 spiro atoms. The van der Waals surface area contributed by atoms with Gasteiger partial charge in [0.25, 0.3) is 0 Å². The molecule has 3 nitrogen and oxygen atoms in total. The molecule has 0 radical (unpaired) electrons. The Morgan fingerprint density at radius 3 is 2.37 bits per heavy atom. The van der Waals surface area contributed by atoms with Gasteiger partial charge in [0, 0.05) is 9.35 Å². The molecule has 0 fully saturated rings. The molecule has 2 unspecified atom stereocenters. The van der Waals surface area contributed by atoms with Crippen LogP contribution in [0.15, 0.2) is 70.5 Å². The van der Waals surface area contributed by atoms with Gasteiger partial charge in [-0.1, -0.05) is 46.3 Å². The first-order valence-electron chi connectivity index (χ1n) is 8.60. The van der Waals surface area contributed by atoms with E-state index in [1.807, 2.05) is 48.7 Å². The van der Waals surface area contributed by atoms with Crippen LogP contribution in [-0.2, 0) is 4.79 Å². The van der Waals surface area contributed by atoms with Crippen LogP contribution in [-0.4, -0.2) is 12.5 Å². The van der Waals surface area contributed by atoms with E-state index in [0.717, 1.165) is 20.5 Å². The molecule has 1 aromatic heterocycles. The largest absolute Gasteiger partial charge is 0.348 e. The van der Waals surface area contributed by atoms with Crippen LogP contribution in [0.2, 0.25) is 0 Å². The van der Waals surface area contributed by atoms with E-state index in [0.29, 0.717) is 0 Å². The Kier molecular flexibility index (Phi) is 6.77. The smallest absolute Gasteiger partial charge is 0.234 e. The first-order chi connectivity index (χ1) is 13.0. The zero-order chi connectivity index (χ0) is 19.2. The number of halogens is 2. The van der Waals surface area contributed by atoms with Crippen LogP contribution < -0.4 is 10.6 Å². The van der Waals surface area contributed by atoms with Crippen LogP contribution in [0, 0.1) is 5.82 Å². The van der Waals surface area contributed by atoms with Gasteiger partial charge in [0.15, 0.2) is 0 Å². The van der Waals surface area contributed by atoms with Gasteiger partial charge in [-0.2, -0.15) is 0 Å². The highest BCUT2D eigenvalue weighted by atomic mass is 79.9. The number of benzene rings is 2. The molecule has 3 rings (SSSR count). The minimum Gasteiger partial charge on any atom is -0.348 e. The number of rotatable bonds is 7. The van der Waals surface area contributed by atoms with Crippen LogP contribution >= 0.6 is 27.3 Å². The van der Waals surface area contributed by atoms with Crippen LogP contribution in [0.25, 0.3) is 0 Å². The molecule has 6 heteroatoms. The molecule has 2 aromatic carbocycles. The van der Waals surface area contributed by atoms with Gasteiger partial charge in [0.1, 0.15) is 5.82 Å². The molecule has 0 aliphatic rings. The maximum absolute atomic E-state index is 13.3. The zero-order valence-electron chi connectivity index (χ0n) is 14.8. The van der Waals surface area contributed by atoms with Crippen molar-refractivity contribution >= 4 is 33.2 Å². The first-order valence-corrected chi connectivity index (χ1v) is 10.3. The molecule has 3 aromatic rings. The van der Waals surface area contributed by atoms with Crippen LogP contribution in [0.5, 0.6) is 0 Å². The van der Waals surface area contributed by atoms with Crippen LogP contribution in [0.4, 0.5) is 4.39 Å². The van der Waals surface area contributed by atoms with E-state index >= 15 is 0 Å². The Labute approximate surface area is 170 Å². The first kappa shape index (κ1) is 19.7. The molecule has 0 saturated carbocycles. The second-order valence-corrected chi connectivity index (χ2v) is 8.12. The maximum atomic E-state index is 13.3. The summed E-state index contributed by atoms with van der Waals surface area (Å²) in [5, 5.41) is 8.28. The van der Waals surface area contributed by atoms with Crippen molar-refractivity contribution in [3.05, 3.63) is 92.3 Å². The summed E-state index contributed by atoms with van der Waals surface area (Å²) in [7, 11) is 0. The third-order valence-corrected chi connectivity index (χ3v) is 5.71. The fourth-order valence-electron chi connectivity index (χ4n) is 2.82. The Bertz CT molecular complexity index is 866. The molecule has 2 atom stereocenters. The number of carbonyl (C=O) groups is 1. The molecule has 2 N–H and O–H groups in total. The Balaban J connectivity index is 1.63. The summed E-state index contributed by atoms with van der Waals surface area (Å²) in [5.74, 6) is -0.362. The van der Waals surface area contributed by atoms with Crippen molar-refractivity contribution in [2.24, 2.45) is 0 Å². The van der Waals surface area contributed by atoms with Crippen molar-refractivity contribution in [1.29, 1.82) is 0 Å². The summed E-state index contributed by atoms with van der Waals surface area (Å²) in [6, 6.07) is 18.0. The average molecular weight is 447 g/mol. The summed E-state index contributed by atoms with van der Waals surface area (Å²) < 4.78 is 14.3. The summed E-state index contributed by atoms with van der Waals surface area (Å²) in [4.78, 5) is 13.5. The Morgan fingerprint density at radius 1 is 1.07 bits per heavy atom. The lowest BCUT2D eigenvalue weighted by Crippen LogP contribution is -2.37. The number of carbonyl (C=O) groups excluding carboxylic acids is 1. The third-order valence-electron chi connectivity index (χ3n) is 4.25. The second kappa shape index (κ2) is 9.26. The van der Waals surface area contributed by atoms with Crippen molar-refractivity contribution in [2.75, 3.05) is 6.54 Å². The highest BCUT2D eigenvalue weighted by Gasteiger charge is 2.17. The highest BCUT2D eigenvalue weighted by molar-refractivity contribution is 9.10. The molecular weight excluding hydrogens is 427 g/mol. The monoisotopic (exact) mass is 446 g/mol. The molecule has 0 aliphatic carbocycles. The van der Waals surface area contributed by atoms with Gasteiger partial charge in [0.05, 0.1) is 18.6 Å². The lowest BCUT2D eigenvalue weighted by molar-refractivity contribution is -0.121. The SMILES string of the molecule is CC(NC(=O)CNC(c1ccc(F)cc1)c1cccs1)c1ccc(Br)cc1. The minimum atomic E-state index is -0.273. The van der Waals surface area contributed by atoms with E-state index in [1.165, 1.54) is 12.1 Å². The van der Waals surface area contributed by atoms with Gasteiger partial charge in [0.2, 0.25) is 5.91 Å². The lowest BCUT2D eigenvalue weighted by Gasteiger charge is -2.19. The Morgan fingerprint density at radius 2 is 1.74 bits per heavy atom. The quantitative estimate of drug-likeness (QED) is 0.523. The number of hydrogen-bond acceptors (Lipinski definition) is 3. The molecule has 27 heavy (non-hydrogen) atoms. The summed E-state index contributed by atoms with van der Waals surface area (Å²) in [6.45, 7) is 2.12. The van der Waals surface area contributed by atoms with E-state index in [-0.39, 0.29) is 30.4 Å². The van der Waals surface area contributed by atoms with Crippen molar-refractivity contribution in [1.82, 2.24) is 10.6 Å². The summed E-state index contributed by atoms with van der Waals surface area (Å²) in [6.07, 6.45) is 0. The Hall–Kier alpha value is -2.02. The fourth-order valence-corrected chi connectivity index (χ4v) is 3.91. The predicted molar refractivity (Wildman–Crippen MR) is 111 cm³/mol. The van der Waals surface area contributed by atoms with E-state index in [1.54, 1.807) is 23.5 Å². The summed E-state index contributed by atoms with van der Waals surface area (Å²) >= 11 is 5.01. The maximum Gasteiger partial charge on any atom is 0.234 e. The lowest BCUT2D eigenvalue weighted by atomic mass is 10.1. The van der Waals surface area contributed by atoms with Crippen LogP contribution in [0.3, 0.4) is 0 Å². The second-order valence-electron chi connectivity index (χ2n) is 6.22. The zero-order valence-corrected chi connectivity index (χ0v) is 17.2. The van der Waals surface area contributed by atoms with Crippen molar-refractivity contribution in [3.63, 3.8) is 0 Å². The molecule has 0 saturated heterocycles. The normalized spacial score (nSPS) is 13.1. The number of amides is 1. The van der Waals surface area contributed by atoms with E-state index in [2.05, 4.69) is 26.6 Å². The van der Waals surface area contributed by atoms with E-state index < -0.39 is 0 Å². The average Bonchev–Trinajstić information content (AvgIpc) is 3.18. The summed E-state index contributed by atoms with van der Waals surface area (Å²) in [5.41, 5.74) is 1.97. The van der Waals surface area contributed by atoms with Crippen molar-refractivity contribution < 1.29 is 9.18 Å². The number of thiophene rings is 1. The molecule has 1 amide bonds. The van der Waals surface area contributed by atoms with Gasteiger partial charge >= 0.3 is 0 Å². The van der Waals surface area contributed by atoms with E-state index in [9.17, 15) is 9.18 Å². The number of nitrogens with one attached hydrogen (secondary N) is 2. The fraction of sp³-hybridized carbons (Fsp3) is 0.190. The van der Waals surface area contributed by atoms with Crippen molar-refractivity contribution in [3.8, 4) is 0 Å². The third kappa shape index (κ3) is 5.48. The van der Waals surface area contributed by atoms with Crippen LogP contribution in [0.1, 0.15) is 35.0 Å². The molecule has 0 aliphatic heterocycles. The highest BCUT2D eigenvalue weighted by Crippen LogP contribution is 2.26. The van der Waals surface area contributed by atoms with Gasteiger partial charge < -0.3 is 5.32 Å². The minimum absolute atomic E-state index is 0.0848. The van der Waals surface area contributed by atoms with Gasteiger partial charge in [-0.3, -0.25) is 10.1 Å². The van der Waals surface area contributed by atoms with Crippen molar-refractivity contribution in [2.45, 2.75) is 19.0 Å². The standard InChI is InChI=1S/C21H20BrFN2OS/c1-14(15-4-8-17(22)9-5-15)25-20(26)13-24-21(19-3-2-12-27-19)16-6-10-18(23)11-7-16/h2-12,14,21,24H,13H2,1H3,(H,25,26). The molecule has 140 valence electrons. The molecule has 1 heterocycles. The topological polar surface area (TPSA) is 41.1 Å². The van der Waals surface area contributed by atoms with Gasteiger partial charge in [-0.25, -0.2) is 4.39 Å². The molecule has 0 bridgehead atoms.